The van der Waals surface area contributed by atoms with Crippen LogP contribution in [0.5, 0.6) is 0 Å². The molecule has 7 heteroatoms. The van der Waals surface area contributed by atoms with Gasteiger partial charge in [-0.25, -0.2) is 0 Å². The van der Waals surface area contributed by atoms with Crippen LogP contribution in [0.25, 0.3) is 0 Å². The first kappa shape index (κ1) is 18.0. The largest absolute Gasteiger partial charge is 0.481 e. The average molecular weight is 336 g/mol. The molecule has 1 aliphatic rings. The first-order valence-electron chi connectivity index (χ1n) is 8.42. The third-order valence-corrected chi connectivity index (χ3v) is 4.29. The van der Waals surface area contributed by atoms with Crippen molar-refractivity contribution in [2.45, 2.75) is 51.0 Å². The first-order valence-corrected chi connectivity index (χ1v) is 8.42. The van der Waals surface area contributed by atoms with Crippen molar-refractivity contribution in [1.82, 2.24) is 10.6 Å². The summed E-state index contributed by atoms with van der Waals surface area (Å²) in [6, 6.07) is 2.91. The average Bonchev–Trinajstić information content (AvgIpc) is 2.98. The van der Waals surface area contributed by atoms with Gasteiger partial charge in [-0.1, -0.05) is 19.3 Å². The van der Waals surface area contributed by atoms with E-state index >= 15 is 0 Å². The van der Waals surface area contributed by atoms with Crippen LogP contribution in [0.3, 0.4) is 0 Å². The van der Waals surface area contributed by atoms with Gasteiger partial charge in [-0.2, -0.15) is 0 Å². The molecule has 2 rings (SSSR count). The van der Waals surface area contributed by atoms with Gasteiger partial charge in [0.05, 0.1) is 12.2 Å². The smallest absolute Gasteiger partial charge is 0.308 e. The second-order valence-corrected chi connectivity index (χ2v) is 6.09. The molecule has 0 aromatic carbocycles. The standard InChI is InChI=1S/C17H24N2O5/c20-15(9-4-10-18-16(21)14-8-5-11-24-14)19-13-7-3-1-2-6-12(13)17(22)23/h5,8,11-13H,1-4,6-7,9-10H2,(H,18,21)(H,19,20)(H,22,23)/t12-,13+/m1/s1. The van der Waals surface area contributed by atoms with E-state index in [4.69, 9.17) is 4.42 Å². The lowest BCUT2D eigenvalue weighted by atomic mass is 9.94. The van der Waals surface area contributed by atoms with Gasteiger partial charge in [0.1, 0.15) is 0 Å². The van der Waals surface area contributed by atoms with Gasteiger partial charge in [0.2, 0.25) is 5.91 Å². The highest BCUT2D eigenvalue weighted by Gasteiger charge is 2.30. The monoisotopic (exact) mass is 336 g/mol. The predicted molar refractivity (Wildman–Crippen MR) is 86.4 cm³/mol. The first-order chi connectivity index (χ1) is 11.6. The Bertz CT molecular complexity index is 555. The number of carboxylic acid groups (broad SMARTS) is 1. The fraction of sp³-hybridized carbons (Fsp3) is 0.588. The second kappa shape index (κ2) is 9.10. The molecule has 1 heterocycles. The topological polar surface area (TPSA) is 109 Å². The molecule has 0 unspecified atom stereocenters. The third-order valence-electron chi connectivity index (χ3n) is 4.29. The summed E-state index contributed by atoms with van der Waals surface area (Å²) in [7, 11) is 0. The predicted octanol–water partition coefficient (Wildman–Crippen LogP) is 1.94. The molecule has 1 aliphatic carbocycles. The van der Waals surface area contributed by atoms with E-state index in [1.54, 1.807) is 12.1 Å². The molecule has 2 amide bonds. The van der Waals surface area contributed by atoms with E-state index < -0.39 is 11.9 Å². The van der Waals surface area contributed by atoms with E-state index in [1.807, 2.05) is 0 Å². The Kier molecular flexibility index (Phi) is 6.84. The molecule has 1 fully saturated rings. The number of nitrogens with one attached hydrogen (secondary N) is 2. The number of carbonyl (C=O) groups excluding carboxylic acids is 2. The molecule has 1 saturated carbocycles. The number of amides is 2. The van der Waals surface area contributed by atoms with E-state index in [0.29, 0.717) is 25.8 Å². The van der Waals surface area contributed by atoms with Gasteiger partial charge >= 0.3 is 5.97 Å². The van der Waals surface area contributed by atoms with Crippen LogP contribution in [0, 0.1) is 5.92 Å². The van der Waals surface area contributed by atoms with Gasteiger partial charge in [-0.05, 0) is 31.4 Å². The van der Waals surface area contributed by atoms with Crippen molar-refractivity contribution in [2.24, 2.45) is 5.92 Å². The van der Waals surface area contributed by atoms with Crippen molar-refractivity contribution >= 4 is 17.8 Å². The molecule has 0 radical (unpaired) electrons. The SMILES string of the molecule is O=C(CCCNC(=O)c1ccco1)N[C@H]1CCCCC[C@H]1C(=O)O. The minimum Gasteiger partial charge on any atom is -0.481 e. The zero-order valence-electron chi connectivity index (χ0n) is 13.6. The van der Waals surface area contributed by atoms with Gasteiger partial charge < -0.3 is 20.2 Å². The lowest BCUT2D eigenvalue weighted by molar-refractivity contribution is -0.143. The Labute approximate surface area is 140 Å². The van der Waals surface area contributed by atoms with Crippen LogP contribution in [0.15, 0.2) is 22.8 Å². The molecular formula is C17H24N2O5. The zero-order valence-corrected chi connectivity index (χ0v) is 13.6. The van der Waals surface area contributed by atoms with Crippen molar-refractivity contribution in [3.63, 3.8) is 0 Å². The molecule has 1 aromatic heterocycles. The Hall–Kier alpha value is -2.31. The van der Waals surface area contributed by atoms with Crippen LogP contribution in [-0.4, -0.2) is 35.5 Å². The minimum absolute atomic E-state index is 0.166. The summed E-state index contributed by atoms with van der Waals surface area (Å²) in [5.74, 6) is -1.58. The Morgan fingerprint density at radius 3 is 2.71 bits per heavy atom. The van der Waals surface area contributed by atoms with Gasteiger partial charge in [-0.15, -0.1) is 0 Å². The molecule has 2 atom stereocenters. The highest BCUT2D eigenvalue weighted by Crippen LogP contribution is 2.23. The van der Waals surface area contributed by atoms with E-state index in [1.165, 1.54) is 6.26 Å². The normalized spacial score (nSPS) is 20.8. The van der Waals surface area contributed by atoms with Crippen LogP contribution >= 0.6 is 0 Å². The molecule has 3 N–H and O–H groups in total. The fourth-order valence-electron chi connectivity index (χ4n) is 3.00. The van der Waals surface area contributed by atoms with Crippen LogP contribution in [0.4, 0.5) is 0 Å². The highest BCUT2D eigenvalue weighted by molar-refractivity contribution is 5.91. The number of carboxylic acids is 1. The van der Waals surface area contributed by atoms with Crippen LogP contribution < -0.4 is 10.6 Å². The Morgan fingerprint density at radius 1 is 1.21 bits per heavy atom. The van der Waals surface area contributed by atoms with Gasteiger partial charge in [0.25, 0.3) is 5.91 Å². The van der Waals surface area contributed by atoms with Crippen LogP contribution in [0.2, 0.25) is 0 Å². The van der Waals surface area contributed by atoms with Crippen molar-refractivity contribution < 1.29 is 23.9 Å². The molecule has 0 spiro atoms. The summed E-state index contributed by atoms with van der Waals surface area (Å²) >= 11 is 0. The summed E-state index contributed by atoms with van der Waals surface area (Å²) in [5, 5.41) is 14.8. The number of hydrogen-bond donors (Lipinski definition) is 3. The van der Waals surface area contributed by atoms with Crippen LogP contribution in [-0.2, 0) is 9.59 Å². The lowest BCUT2D eigenvalue weighted by Crippen LogP contribution is -2.43. The maximum Gasteiger partial charge on any atom is 0.308 e. The maximum atomic E-state index is 12.0. The highest BCUT2D eigenvalue weighted by atomic mass is 16.4. The van der Waals surface area contributed by atoms with E-state index in [-0.39, 0.29) is 30.0 Å². The number of carbonyl (C=O) groups is 3. The molecule has 7 nitrogen and oxygen atoms in total. The van der Waals surface area contributed by atoms with Gasteiger partial charge in [0.15, 0.2) is 5.76 Å². The molecule has 0 bridgehead atoms. The molecule has 24 heavy (non-hydrogen) atoms. The van der Waals surface area contributed by atoms with E-state index in [2.05, 4.69) is 10.6 Å². The second-order valence-electron chi connectivity index (χ2n) is 6.09. The molecule has 0 saturated heterocycles. The fourth-order valence-corrected chi connectivity index (χ4v) is 3.00. The van der Waals surface area contributed by atoms with Gasteiger partial charge in [0, 0.05) is 19.0 Å². The minimum atomic E-state index is -0.840. The van der Waals surface area contributed by atoms with E-state index in [9.17, 15) is 19.5 Å². The Morgan fingerprint density at radius 2 is 2.00 bits per heavy atom. The molecule has 0 aliphatic heterocycles. The number of rotatable bonds is 7. The summed E-state index contributed by atoms with van der Waals surface area (Å²) < 4.78 is 4.97. The summed E-state index contributed by atoms with van der Waals surface area (Å²) in [5.41, 5.74) is 0. The van der Waals surface area contributed by atoms with E-state index in [0.717, 1.165) is 19.3 Å². The van der Waals surface area contributed by atoms with Crippen molar-refractivity contribution in [2.75, 3.05) is 6.54 Å². The maximum absolute atomic E-state index is 12.0. The summed E-state index contributed by atoms with van der Waals surface area (Å²) in [6.07, 6.45) is 6.32. The van der Waals surface area contributed by atoms with Crippen LogP contribution in [0.1, 0.15) is 55.5 Å². The molecule has 1 aromatic rings. The number of furan rings is 1. The van der Waals surface area contributed by atoms with Gasteiger partial charge in [-0.3, -0.25) is 14.4 Å². The molecule has 132 valence electrons. The summed E-state index contributed by atoms with van der Waals surface area (Å²) in [4.78, 5) is 35.0. The van der Waals surface area contributed by atoms with Crippen molar-refractivity contribution in [3.05, 3.63) is 24.2 Å². The zero-order chi connectivity index (χ0) is 17.4. The third kappa shape index (κ3) is 5.40. The number of aliphatic carboxylic acids is 1. The number of hydrogen-bond acceptors (Lipinski definition) is 4. The van der Waals surface area contributed by atoms with Crippen molar-refractivity contribution in [3.8, 4) is 0 Å². The van der Waals surface area contributed by atoms with Crippen molar-refractivity contribution in [1.29, 1.82) is 0 Å². The lowest BCUT2D eigenvalue weighted by Gasteiger charge is -2.22. The summed E-state index contributed by atoms with van der Waals surface area (Å²) in [6.45, 7) is 0.361. The Balaban J connectivity index is 1.70. The quantitative estimate of drug-likeness (QED) is 0.521. The molecular weight excluding hydrogens is 312 g/mol.